The van der Waals surface area contributed by atoms with Crippen LogP contribution in [0.5, 0.6) is 0 Å². The number of rotatable bonds is 3. The van der Waals surface area contributed by atoms with E-state index in [2.05, 4.69) is 0 Å². The number of carbonyl (C=O) groups is 1. The lowest BCUT2D eigenvalue weighted by Gasteiger charge is -2.29. The highest BCUT2D eigenvalue weighted by Gasteiger charge is 2.33. The Kier molecular flexibility index (Phi) is 3.90. The largest absolute Gasteiger partial charge is 0.388 e. The van der Waals surface area contributed by atoms with Gasteiger partial charge in [-0.05, 0) is 37.5 Å². The van der Waals surface area contributed by atoms with E-state index in [-0.39, 0.29) is 5.91 Å². The van der Waals surface area contributed by atoms with Gasteiger partial charge in [0.05, 0.1) is 5.60 Å². The molecule has 1 aromatic rings. The van der Waals surface area contributed by atoms with Gasteiger partial charge in [-0.3, -0.25) is 4.79 Å². The molecule has 3 nitrogen and oxygen atoms in total. The number of aliphatic hydroxyl groups is 1. The van der Waals surface area contributed by atoms with E-state index in [1.165, 1.54) is 17.0 Å². The maximum Gasteiger partial charge on any atom is 0.254 e. The van der Waals surface area contributed by atoms with Crippen molar-refractivity contribution < 1.29 is 14.3 Å². The fraction of sp³-hybridized carbons (Fsp3) is 0.533. The minimum atomic E-state index is -0.772. The standard InChI is InChI=1S/C15H20FNO2/c1-11-5-6-12(16)9-13(11)14(18)17(2)10-15(19)7-3-4-8-15/h5-6,9,19H,3-4,7-8,10H2,1-2H3. The first kappa shape index (κ1) is 14.0. The third-order valence-electron chi connectivity index (χ3n) is 3.84. The number of hydrogen-bond donors (Lipinski definition) is 1. The molecule has 0 radical (unpaired) electrons. The van der Waals surface area contributed by atoms with Crippen molar-refractivity contribution in [2.24, 2.45) is 0 Å². The summed E-state index contributed by atoms with van der Waals surface area (Å²) in [5.41, 5.74) is 0.340. The van der Waals surface area contributed by atoms with Crippen molar-refractivity contribution in [1.82, 2.24) is 4.90 Å². The van der Waals surface area contributed by atoms with E-state index in [0.717, 1.165) is 31.2 Å². The van der Waals surface area contributed by atoms with E-state index in [0.29, 0.717) is 12.1 Å². The van der Waals surface area contributed by atoms with E-state index in [4.69, 9.17) is 0 Å². The monoisotopic (exact) mass is 265 g/mol. The predicted molar refractivity (Wildman–Crippen MR) is 71.5 cm³/mol. The van der Waals surface area contributed by atoms with Crippen molar-refractivity contribution in [2.45, 2.75) is 38.2 Å². The molecule has 1 amide bonds. The molecule has 0 bridgehead atoms. The Hall–Kier alpha value is -1.42. The lowest BCUT2D eigenvalue weighted by Crippen LogP contribution is -2.42. The van der Waals surface area contributed by atoms with E-state index >= 15 is 0 Å². The van der Waals surface area contributed by atoms with Gasteiger partial charge in [0.2, 0.25) is 0 Å². The molecule has 1 aliphatic rings. The number of aryl methyl sites for hydroxylation is 1. The maximum atomic E-state index is 13.2. The summed E-state index contributed by atoms with van der Waals surface area (Å²) in [6, 6.07) is 4.20. The molecule has 19 heavy (non-hydrogen) atoms. The zero-order valence-electron chi connectivity index (χ0n) is 11.4. The average Bonchev–Trinajstić information content (AvgIpc) is 2.78. The van der Waals surface area contributed by atoms with E-state index in [1.807, 2.05) is 0 Å². The molecule has 0 saturated heterocycles. The van der Waals surface area contributed by atoms with Gasteiger partial charge >= 0.3 is 0 Å². The van der Waals surface area contributed by atoms with E-state index in [9.17, 15) is 14.3 Å². The van der Waals surface area contributed by atoms with Crippen LogP contribution in [0.25, 0.3) is 0 Å². The third kappa shape index (κ3) is 3.13. The number of hydrogen-bond acceptors (Lipinski definition) is 2. The molecule has 104 valence electrons. The Labute approximate surface area is 113 Å². The van der Waals surface area contributed by atoms with Gasteiger partial charge in [-0.2, -0.15) is 0 Å². The van der Waals surface area contributed by atoms with Crippen LogP contribution in [0, 0.1) is 12.7 Å². The van der Waals surface area contributed by atoms with Crippen LogP contribution in [0.4, 0.5) is 4.39 Å². The fourth-order valence-electron chi connectivity index (χ4n) is 2.73. The van der Waals surface area contributed by atoms with Crippen molar-refractivity contribution in [3.63, 3.8) is 0 Å². The summed E-state index contributed by atoms with van der Waals surface area (Å²) in [5.74, 6) is -0.653. The molecule has 0 aliphatic heterocycles. The highest BCUT2D eigenvalue weighted by Crippen LogP contribution is 2.30. The van der Waals surface area contributed by atoms with Crippen LogP contribution in [0.1, 0.15) is 41.6 Å². The van der Waals surface area contributed by atoms with Crippen molar-refractivity contribution in [3.8, 4) is 0 Å². The molecule has 1 saturated carbocycles. The van der Waals surface area contributed by atoms with Crippen molar-refractivity contribution >= 4 is 5.91 Å². The van der Waals surface area contributed by atoms with E-state index < -0.39 is 11.4 Å². The lowest BCUT2D eigenvalue weighted by molar-refractivity contribution is 0.0156. The summed E-state index contributed by atoms with van der Waals surface area (Å²) in [7, 11) is 1.66. The fourth-order valence-corrected chi connectivity index (χ4v) is 2.73. The summed E-state index contributed by atoms with van der Waals surface area (Å²) < 4.78 is 13.2. The SMILES string of the molecule is Cc1ccc(F)cc1C(=O)N(C)CC1(O)CCCC1. The first-order valence-electron chi connectivity index (χ1n) is 6.65. The number of halogens is 1. The molecule has 1 aliphatic carbocycles. The first-order chi connectivity index (χ1) is 8.91. The second-order valence-electron chi connectivity index (χ2n) is 5.55. The van der Waals surface area contributed by atoms with Gasteiger partial charge in [0, 0.05) is 19.2 Å². The second kappa shape index (κ2) is 5.29. The van der Waals surface area contributed by atoms with Crippen molar-refractivity contribution in [3.05, 3.63) is 35.1 Å². The van der Waals surface area contributed by atoms with Gasteiger partial charge in [-0.1, -0.05) is 18.9 Å². The van der Waals surface area contributed by atoms with Crippen molar-refractivity contribution in [1.29, 1.82) is 0 Å². The Balaban J connectivity index is 2.12. The Bertz CT molecular complexity index is 481. The molecule has 0 unspecified atom stereocenters. The molecule has 1 fully saturated rings. The number of likely N-dealkylation sites (N-methyl/N-ethyl adjacent to an activating group) is 1. The van der Waals surface area contributed by atoms with Crippen LogP contribution in [0.3, 0.4) is 0 Å². The summed E-state index contributed by atoms with van der Waals surface area (Å²) in [6.45, 7) is 2.09. The lowest BCUT2D eigenvalue weighted by atomic mass is 10.0. The molecule has 0 spiro atoms. The van der Waals surface area contributed by atoms with Crippen LogP contribution in [-0.2, 0) is 0 Å². The van der Waals surface area contributed by atoms with E-state index in [1.54, 1.807) is 20.0 Å². The molecule has 1 N–H and O–H groups in total. The third-order valence-corrected chi connectivity index (χ3v) is 3.84. The van der Waals surface area contributed by atoms with Crippen LogP contribution in [0.2, 0.25) is 0 Å². The van der Waals surface area contributed by atoms with Crippen LogP contribution < -0.4 is 0 Å². The van der Waals surface area contributed by atoms with Crippen LogP contribution in [-0.4, -0.2) is 35.1 Å². The molecule has 1 aromatic carbocycles. The molecular weight excluding hydrogens is 245 g/mol. The highest BCUT2D eigenvalue weighted by atomic mass is 19.1. The predicted octanol–water partition coefficient (Wildman–Crippen LogP) is 2.51. The summed E-state index contributed by atoms with van der Waals surface area (Å²) in [5, 5.41) is 10.3. The Morgan fingerprint density at radius 2 is 2.05 bits per heavy atom. The normalized spacial score (nSPS) is 17.5. The summed E-state index contributed by atoms with van der Waals surface area (Å²) >= 11 is 0. The molecule has 0 aromatic heterocycles. The number of carbonyl (C=O) groups excluding carboxylic acids is 1. The molecule has 0 atom stereocenters. The molecule has 2 rings (SSSR count). The van der Waals surface area contributed by atoms with Gasteiger partial charge in [0.15, 0.2) is 0 Å². The molecule has 0 heterocycles. The zero-order valence-corrected chi connectivity index (χ0v) is 11.4. The smallest absolute Gasteiger partial charge is 0.254 e. The highest BCUT2D eigenvalue weighted by molar-refractivity contribution is 5.95. The van der Waals surface area contributed by atoms with Gasteiger partial charge in [-0.15, -0.1) is 0 Å². The second-order valence-corrected chi connectivity index (χ2v) is 5.55. The van der Waals surface area contributed by atoms with Gasteiger partial charge in [-0.25, -0.2) is 4.39 Å². The topological polar surface area (TPSA) is 40.5 Å². The average molecular weight is 265 g/mol. The number of amides is 1. The van der Waals surface area contributed by atoms with Gasteiger partial charge in [0.25, 0.3) is 5.91 Å². The minimum Gasteiger partial charge on any atom is -0.388 e. The Morgan fingerprint density at radius 3 is 2.68 bits per heavy atom. The minimum absolute atomic E-state index is 0.239. The van der Waals surface area contributed by atoms with Crippen LogP contribution in [0.15, 0.2) is 18.2 Å². The van der Waals surface area contributed by atoms with Gasteiger partial charge < -0.3 is 10.0 Å². The van der Waals surface area contributed by atoms with Crippen LogP contribution >= 0.6 is 0 Å². The Morgan fingerprint density at radius 1 is 1.42 bits per heavy atom. The molecular formula is C15H20FNO2. The zero-order chi connectivity index (χ0) is 14.0. The quantitative estimate of drug-likeness (QED) is 0.912. The summed E-state index contributed by atoms with van der Waals surface area (Å²) in [4.78, 5) is 13.8. The first-order valence-corrected chi connectivity index (χ1v) is 6.65. The maximum absolute atomic E-state index is 13.2. The van der Waals surface area contributed by atoms with Crippen molar-refractivity contribution in [2.75, 3.05) is 13.6 Å². The number of nitrogens with zero attached hydrogens (tertiary/aromatic N) is 1. The van der Waals surface area contributed by atoms with Gasteiger partial charge in [0.1, 0.15) is 5.82 Å². The molecule has 4 heteroatoms. The summed E-state index contributed by atoms with van der Waals surface area (Å²) in [6.07, 6.45) is 3.45. The number of benzene rings is 1.